The average Bonchev–Trinajstić information content (AvgIpc) is 2.34. The van der Waals surface area contributed by atoms with E-state index in [9.17, 15) is 14.3 Å². The van der Waals surface area contributed by atoms with Gasteiger partial charge in [0.25, 0.3) is 5.91 Å². The fourth-order valence-corrected chi connectivity index (χ4v) is 1.86. The van der Waals surface area contributed by atoms with E-state index >= 15 is 0 Å². The molecule has 0 aliphatic rings. The first-order chi connectivity index (χ1) is 8.06. The summed E-state index contributed by atoms with van der Waals surface area (Å²) in [5.74, 6) is -1.76. The fourth-order valence-electron chi connectivity index (χ4n) is 1.67. The van der Waals surface area contributed by atoms with Gasteiger partial charge in [0.15, 0.2) is 11.6 Å². The molecule has 0 bridgehead atoms. The van der Waals surface area contributed by atoms with E-state index in [0.717, 1.165) is 0 Å². The third-order valence-corrected chi connectivity index (χ3v) is 2.81. The molecule has 2 aromatic rings. The number of rotatable bonds is 1. The fraction of sp³-hybridized carbons (Fsp3) is 0.0833. The Hall–Kier alpha value is -1.81. The molecule has 0 heterocycles. The molecule has 1 amide bonds. The highest BCUT2D eigenvalue weighted by Crippen LogP contribution is 2.34. The average molecular weight is 254 g/mol. The molecular formula is C12H9ClFNO2. The van der Waals surface area contributed by atoms with Crippen LogP contribution in [0.1, 0.15) is 10.4 Å². The van der Waals surface area contributed by atoms with Crippen molar-refractivity contribution in [2.45, 2.75) is 0 Å². The number of carbonyl (C=O) groups is 1. The molecule has 0 aliphatic carbocycles. The molecule has 88 valence electrons. The van der Waals surface area contributed by atoms with Crippen LogP contribution in [0.15, 0.2) is 24.3 Å². The van der Waals surface area contributed by atoms with E-state index in [1.165, 1.54) is 19.2 Å². The van der Waals surface area contributed by atoms with E-state index in [0.29, 0.717) is 10.9 Å². The summed E-state index contributed by atoms with van der Waals surface area (Å²) in [6.45, 7) is 0. The largest absolute Gasteiger partial charge is 0.504 e. The lowest BCUT2D eigenvalue weighted by Crippen LogP contribution is -2.18. The normalized spacial score (nSPS) is 10.5. The lowest BCUT2D eigenvalue weighted by molar-refractivity contribution is 0.0964. The first-order valence-electron chi connectivity index (χ1n) is 4.88. The Labute approximate surface area is 102 Å². The summed E-state index contributed by atoms with van der Waals surface area (Å²) in [5.41, 5.74) is 0.311. The second-order valence-corrected chi connectivity index (χ2v) is 3.91. The molecule has 0 spiro atoms. The minimum Gasteiger partial charge on any atom is -0.504 e. The Morgan fingerprint density at radius 1 is 1.41 bits per heavy atom. The van der Waals surface area contributed by atoms with Crippen molar-refractivity contribution >= 4 is 28.3 Å². The van der Waals surface area contributed by atoms with Crippen LogP contribution in [0.4, 0.5) is 4.39 Å². The SMILES string of the molecule is CNC(=O)c1cccc2c(F)c(O)c(Cl)cc12. The molecule has 0 aliphatic heterocycles. The number of aromatic hydroxyl groups is 1. The third kappa shape index (κ3) is 1.80. The van der Waals surface area contributed by atoms with Gasteiger partial charge in [0.05, 0.1) is 5.02 Å². The van der Waals surface area contributed by atoms with Crippen molar-refractivity contribution in [1.29, 1.82) is 0 Å². The van der Waals surface area contributed by atoms with Gasteiger partial charge in [0.2, 0.25) is 0 Å². The standard InChI is InChI=1S/C12H9ClFNO2/c1-15-12(17)7-4-2-3-6-8(7)5-9(13)11(16)10(6)14/h2-5,16H,1H3,(H,15,17). The van der Waals surface area contributed by atoms with Gasteiger partial charge in [-0.1, -0.05) is 23.7 Å². The van der Waals surface area contributed by atoms with E-state index in [2.05, 4.69) is 5.32 Å². The molecule has 0 aromatic heterocycles. The van der Waals surface area contributed by atoms with Gasteiger partial charge in [0, 0.05) is 18.0 Å². The summed E-state index contributed by atoms with van der Waals surface area (Å²) in [6.07, 6.45) is 0. The maximum absolute atomic E-state index is 13.7. The van der Waals surface area contributed by atoms with Gasteiger partial charge in [0.1, 0.15) is 0 Å². The first kappa shape index (κ1) is 11.7. The van der Waals surface area contributed by atoms with Crippen LogP contribution in [-0.4, -0.2) is 18.1 Å². The molecule has 17 heavy (non-hydrogen) atoms. The number of benzene rings is 2. The number of carbonyl (C=O) groups excluding carboxylic acids is 1. The maximum atomic E-state index is 13.7. The first-order valence-corrected chi connectivity index (χ1v) is 5.26. The zero-order valence-electron chi connectivity index (χ0n) is 8.92. The van der Waals surface area contributed by atoms with Crippen LogP contribution >= 0.6 is 11.6 Å². The summed E-state index contributed by atoms with van der Waals surface area (Å²) < 4.78 is 13.7. The van der Waals surface area contributed by atoms with E-state index in [4.69, 9.17) is 11.6 Å². The summed E-state index contributed by atoms with van der Waals surface area (Å²) in [7, 11) is 1.49. The van der Waals surface area contributed by atoms with Crippen molar-refractivity contribution < 1.29 is 14.3 Å². The Kier molecular flexibility index (Phi) is 2.90. The molecule has 2 N–H and O–H groups in total. The number of fused-ring (bicyclic) bond motifs is 1. The highest BCUT2D eigenvalue weighted by Gasteiger charge is 2.15. The van der Waals surface area contributed by atoms with Crippen molar-refractivity contribution in [2.75, 3.05) is 7.05 Å². The summed E-state index contributed by atoms with van der Waals surface area (Å²) in [5, 5.41) is 12.3. The van der Waals surface area contributed by atoms with Crippen LogP contribution < -0.4 is 5.32 Å². The van der Waals surface area contributed by atoms with E-state index < -0.39 is 11.6 Å². The second kappa shape index (κ2) is 4.22. The van der Waals surface area contributed by atoms with Gasteiger partial charge < -0.3 is 10.4 Å². The quantitative estimate of drug-likeness (QED) is 0.821. The highest BCUT2D eigenvalue weighted by atomic mass is 35.5. The highest BCUT2D eigenvalue weighted by molar-refractivity contribution is 6.33. The maximum Gasteiger partial charge on any atom is 0.251 e. The molecular weight excluding hydrogens is 245 g/mol. The number of nitrogens with one attached hydrogen (secondary N) is 1. The van der Waals surface area contributed by atoms with Gasteiger partial charge in [-0.15, -0.1) is 0 Å². The van der Waals surface area contributed by atoms with Crippen molar-refractivity contribution in [3.05, 3.63) is 40.7 Å². The number of phenols is 1. The molecule has 0 unspecified atom stereocenters. The zero-order valence-corrected chi connectivity index (χ0v) is 9.68. The van der Waals surface area contributed by atoms with Crippen molar-refractivity contribution in [2.24, 2.45) is 0 Å². The van der Waals surface area contributed by atoms with Gasteiger partial charge in [-0.2, -0.15) is 0 Å². The van der Waals surface area contributed by atoms with Crippen molar-refractivity contribution in [1.82, 2.24) is 5.32 Å². The Morgan fingerprint density at radius 3 is 2.76 bits per heavy atom. The Morgan fingerprint density at radius 2 is 2.12 bits per heavy atom. The number of hydrogen-bond donors (Lipinski definition) is 2. The molecule has 0 fully saturated rings. The van der Waals surface area contributed by atoms with Crippen LogP contribution in [-0.2, 0) is 0 Å². The molecule has 2 aromatic carbocycles. The lowest BCUT2D eigenvalue weighted by atomic mass is 10.0. The number of hydrogen-bond acceptors (Lipinski definition) is 2. The third-order valence-electron chi connectivity index (χ3n) is 2.52. The van der Waals surface area contributed by atoms with Gasteiger partial charge in [-0.25, -0.2) is 4.39 Å². The van der Waals surface area contributed by atoms with Crippen molar-refractivity contribution in [3.63, 3.8) is 0 Å². The second-order valence-electron chi connectivity index (χ2n) is 3.50. The van der Waals surface area contributed by atoms with E-state index in [1.54, 1.807) is 12.1 Å². The van der Waals surface area contributed by atoms with Crippen molar-refractivity contribution in [3.8, 4) is 5.75 Å². The molecule has 0 radical (unpaired) electrons. The molecule has 0 atom stereocenters. The van der Waals surface area contributed by atoms with Gasteiger partial charge >= 0.3 is 0 Å². The zero-order chi connectivity index (χ0) is 12.6. The number of halogens is 2. The molecule has 2 rings (SSSR count). The minimum atomic E-state index is -0.821. The van der Waals surface area contributed by atoms with Crippen LogP contribution in [0.5, 0.6) is 5.75 Å². The molecule has 3 nitrogen and oxygen atoms in total. The van der Waals surface area contributed by atoms with E-state index in [1.807, 2.05) is 0 Å². The summed E-state index contributed by atoms with van der Waals surface area (Å²) in [6, 6.07) is 5.96. The molecule has 0 saturated carbocycles. The monoisotopic (exact) mass is 253 g/mol. The molecule has 5 heteroatoms. The van der Waals surface area contributed by atoms with Gasteiger partial charge in [-0.3, -0.25) is 4.79 Å². The van der Waals surface area contributed by atoms with Crippen LogP contribution in [0.3, 0.4) is 0 Å². The summed E-state index contributed by atoms with van der Waals surface area (Å²) in [4.78, 5) is 11.6. The minimum absolute atomic E-state index is 0.119. The summed E-state index contributed by atoms with van der Waals surface area (Å²) >= 11 is 5.69. The van der Waals surface area contributed by atoms with E-state index in [-0.39, 0.29) is 16.3 Å². The Bertz CT molecular complexity index is 613. The number of phenolic OH excluding ortho intramolecular Hbond substituents is 1. The van der Waals surface area contributed by atoms with Crippen LogP contribution in [0, 0.1) is 5.82 Å². The Balaban J connectivity index is 2.86. The smallest absolute Gasteiger partial charge is 0.251 e. The molecule has 0 saturated heterocycles. The predicted octanol–water partition coefficient (Wildman–Crippen LogP) is 2.70. The van der Waals surface area contributed by atoms with Gasteiger partial charge in [-0.05, 0) is 17.5 Å². The van der Waals surface area contributed by atoms with Crippen LogP contribution in [0.25, 0.3) is 10.8 Å². The predicted molar refractivity (Wildman–Crippen MR) is 64.0 cm³/mol. The topological polar surface area (TPSA) is 49.3 Å². The lowest BCUT2D eigenvalue weighted by Gasteiger charge is -2.08. The number of amides is 1. The van der Waals surface area contributed by atoms with Crippen LogP contribution in [0.2, 0.25) is 5.02 Å².